The summed E-state index contributed by atoms with van der Waals surface area (Å²) in [6.07, 6.45) is 2.23. The molecule has 20 heavy (non-hydrogen) atoms. The lowest BCUT2D eigenvalue weighted by Crippen LogP contribution is -2.33. The van der Waals surface area contributed by atoms with E-state index in [4.69, 9.17) is 11.5 Å². The number of thioether (sulfide) groups is 1. The second-order valence-electron chi connectivity index (χ2n) is 5.00. The zero-order valence-corrected chi connectivity index (χ0v) is 12.2. The fraction of sp³-hybridized carbons (Fsp3) is 0.429. The number of carbonyl (C=O) groups excluding carboxylic acids is 2. The third kappa shape index (κ3) is 3.45. The van der Waals surface area contributed by atoms with Crippen LogP contribution in [0.5, 0.6) is 0 Å². The van der Waals surface area contributed by atoms with Crippen molar-refractivity contribution in [3.05, 3.63) is 29.3 Å². The number of amides is 2. The lowest BCUT2D eigenvalue weighted by molar-refractivity contribution is 0.0999. The van der Waals surface area contributed by atoms with Crippen LogP contribution in [0.25, 0.3) is 0 Å². The Labute approximate surface area is 122 Å². The van der Waals surface area contributed by atoms with Crippen molar-refractivity contribution in [2.45, 2.75) is 31.1 Å². The summed E-state index contributed by atoms with van der Waals surface area (Å²) in [5.41, 5.74) is 11.9. The molecular formula is C14H19N3O2S. The molecule has 0 bridgehead atoms. The first-order valence-corrected chi connectivity index (χ1v) is 7.65. The van der Waals surface area contributed by atoms with Crippen molar-refractivity contribution in [2.24, 2.45) is 11.5 Å². The van der Waals surface area contributed by atoms with Crippen molar-refractivity contribution in [3.8, 4) is 0 Å². The van der Waals surface area contributed by atoms with E-state index in [1.54, 1.807) is 12.1 Å². The largest absolute Gasteiger partial charge is 0.381 e. The predicted octanol–water partition coefficient (Wildman–Crippen LogP) is 1.58. The number of rotatable bonds is 4. The Hall–Kier alpha value is -1.69. The topological polar surface area (TPSA) is 98.2 Å². The molecule has 1 aliphatic heterocycles. The maximum absolute atomic E-state index is 11.3. The molecular weight excluding hydrogens is 274 g/mol. The first-order valence-electron chi connectivity index (χ1n) is 6.60. The van der Waals surface area contributed by atoms with Gasteiger partial charge >= 0.3 is 0 Å². The lowest BCUT2D eigenvalue weighted by Gasteiger charge is -2.30. The van der Waals surface area contributed by atoms with E-state index in [0.29, 0.717) is 22.4 Å². The number of hydrogen-bond acceptors (Lipinski definition) is 4. The molecule has 1 aliphatic rings. The Morgan fingerprint density at radius 2 is 1.80 bits per heavy atom. The quantitative estimate of drug-likeness (QED) is 0.785. The van der Waals surface area contributed by atoms with Crippen LogP contribution in [0.4, 0.5) is 5.69 Å². The molecule has 1 heterocycles. The number of carbonyl (C=O) groups is 2. The van der Waals surface area contributed by atoms with Gasteiger partial charge in [-0.15, -0.1) is 0 Å². The van der Waals surface area contributed by atoms with Crippen molar-refractivity contribution in [1.29, 1.82) is 0 Å². The molecule has 0 aliphatic carbocycles. The van der Waals surface area contributed by atoms with Crippen molar-refractivity contribution in [3.63, 3.8) is 0 Å². The summed E-state index contributed by atoms with van der Waals surface area (Å²) in [7, 11) is 0. The fourth-order valence-electron chi connectivity index (χ4n) is 2.32. The highest BCUT2D eigenvalue weighted by Crippen LogP contribution is 2.28. The van der Waals surface area contributed by atoms with Crippen molar-refractivity contribution >= 4 is 29.3 Å². The molecule has 0 spiro atoms. The Balaban J connectivity index is 2.25. The van der Waals surface area contributed by atoms with Crippen LogP contribution in [0, 0.1) is 0 Å². The van der Waals surface area contributed by atoms with Gasteiger partial charge in [0.1, 0.15) is 0 Å². The van der Waals surface area contributed by atoms with Gasteiger partial charge in [0.2, 0.25) is 11.8 Å². The molecule has 5 N–H and O–H groups in total. The highest BCUT2D eigenvalue weighted by atomic mass is 32.2. The maximum Gasteiger partial charge on any atom is 0.248 e. The molecule has 2 amide bonds. The highest BCUT2D eigenvalue weighted by molar-refractivity contribution is 8.00. The van der Waals surface area contributed by atoms with Gasteiger partial charge in [-0.3, -0.25) is 9.59 Å². The Morgan fingerprint density at radius 1 is 1.20 bits per heavy atom. The van der Waals surface area contributed by atoms with E-state index in [2.05, 4.69) is 12.2 Å². The van der Waals surface area contributed by atoms with Gasteiger partial charge in [-0.2, -0.15) is 11.8 Å². The maximum atomic E-state index is 11.3. The number of hydrogen-bond donors (Lipinski definition) is 3. The van der Waals surface area contributed by atoms with Crippen molar-refractivity contribution in [1.82, 2.24) is 0 Å². The normalized spacial score (nSPS) is 22.2. The summed E-state index contributed by atoms with van der Waals surface area (Å²) in [6.45, 7) is 2.18. The predicted molar refractivity (Wildman–Crippen MR) is 82.0 cm³/mol. The molecule has 1 aromatic rings. The van der Waals surface area contributed by atoms with Gasteiger partial charge in [0, 0.05) is 28.1 Å². The summed E-state index contributed by atoms with van der Waals surface area (Å²) in [5.74, 6) is 0.0390. The van der Waals surface area contributed by atoms with Crippen LogP contribution in [0.2, 0.25) is 0 Å². The minimum Gasteiger partial charge on any atom is -0.381 e. The molecule has 1 saturated heterocycles. The molecule has 0 radical (unpaired) electrons. The van der Waals surface area contributed by atoms with E-state index in [9.17, 15) is 9.59 Å². The molecule has 1 fully saturated rings. The van der Waals surface area contributed by atoms with E-state index in [0.717, 1.165) is 18.5 Å². The van der Waals surface area contributed by atoms with E-state index in [1.165, 1.54) is 11.8 Å². The smallest absolute Gasteiger partial charge is 0.248 e. The van der Waals surface area contributed by atoms with Crippen LogP contribution in [-0.4, -0.2) is 28.9 Å². The molecule has 2 unspecified atom stereocenters. The van der Waals surface area contributed by atoms with Gasteiger partial charge < -0.3 is 16.8 Å². The van der Waals surface area contributed by atoms with Gasteiger partial charge in [-0.1, -0.05) is 6.92 Å². The molecule has 108 valence electrons. The Morgan fingerprint density at radius 3 is 2.30 bits per heavy atom. The summed E-state index contributed by atoms with van der Waals surface area (Å²) in [4.78, 5) is 22.6. The van der Waals surface area contributed by atoms with Crippen LogP contribution >= 0.6 is 11.8 Å². The van der Waals surface area contributed by atoms with Crippen LogP contribution in [0.3, 0.4) is 0 Å². The third-order valence-corrected chi connectivity index (χ3v) is 4.84. The molecule has 6 heteroatoms. The van der Waals surface area contributed by atoms with E-state index >= 15 is 0 Å². The van der Waals surface area contributed by atoms with Crippen LogP contribution in [0.1, 0.15) is 40.5 Å². The van der Waals surface area contributed by atoms with E-state index in [1.807, 2.05) is 11.8 Å². The zero-order valence-electron chi connectivity index (χ0n) is 11.4. The number of primary amides is 2. The van der Waals surface area contributed by atoms with Gasteiger partial charge in [0.15, 0.2) is 0 Å². The van der Waals surface area contributed by atoms with Gasteiger partial charge in [0.05, 0.1) is 0 Å². The monoisotopic (exact) mass is 293 g/mol. The standard InChI is InChI=1S/C14H19N3O2S/c1-8-12(3-2-4-20-8)17-11-6-9(13(15)18)5-10(7-11)14(16)19/h5-8,12,17H,2-4H2,1H3,(H2,15,18)(H2,16,19). The van der Waals surface area contributed by atoms with Crippen LogP contribution in [-0.2, 0) is 0 Å². The second kappa shape index (κ2) is 6.17. The van der Waals surface area contributed by atoms with Gasteiger partial charge in [0.25, 0.3) is 0 Å². The lowest BCUT2D eigenvalue weighted by atomic mass is 10.0. The Bertz CT molecular complexity index is 501. The van der Waals surface area contributed by atoms with Crippen LogP contribution < -0.4 is 16.8 Å². The second-order valence-corrected chi connectivity index (χ2v) is 6.48. The molecule has 2 atom stereocenters. The molecule has 0 aromatic heterocycles. The Kier molecular flexibility index (Phi) is 4.54. The molecule has 0 saturated carbocycles. The number of nitrogens with one attached hydrogen (secondary N) is 1. The summed E-state index contributed by atoms with van der Waals surface area (Å²) in [6, 6.07) is 5.08. The molecule has 2 rings (SSSR count). The molecule has 5 nitrogen and oxygen atoms in total. The first kappa shape index (κ1) is 14.7. The minimum atomic E-state index is -0.567. The first-order chi connectivity index (χ1) is 9.47. The van der Waals surface area contributed by atoms with E-state index < -0.39 is 11.8 Å². The minimum absolute atomic E-state index is 0.292. The summed E-state index contributed by atoms with van der Waals surface area (Å²) < 4.78 is 0. The molecule has 1 aromatic carbocycles. The summed E-state index contributed by atoms with van der Waals surface area (Å²) in [5, 5.41) is 3.87. The van der Waals surface area contributed by atoms with Gasteiger partial charge in [-0.25, -0.2) is 0 Å². The van der Waals surface area contributed by atoms with E-state index in [-0.39, 0.29) is 0 Å². The fourth-order valence-corrected chi connectivity index (χ4v) is 3.46. The average Bonchev–Trinajstić information content (AvgIpc) is 2.41. The van der Waals surface area contributed by atoms with Gasteiger partial charge in [-0.05, 0) is 36.8 Å². The average molecular weight is 293 g/mol. The number of anilines is 1. The number of benzene rings is 1. The van der Waals surface area contributed by atoms with Crippen molar-refractivity contribution < 1.29 is 9.59 Å². The highest BCUT2D eigenvalue weighted by Gasteiger charge is 2.22. The number of nitrogens with two attached hydrogens (primary N) is 2. The summed E-state index contributed by atoms with van der Waals surface area (Å²) >= 11 is 1.92. The zero-order chi connectivity index (χ0) is 14.7. The SMILES string of the molecule is CC1SCCCC1Nc1cc(C(N)=O)cc(C(N)=O)c1. The van der Waals surface area contributed by atoms with Crippen molar-refractivity contribution in [2.75, 3.05) is 11.1 Å². The third-order valence-electron chi connectivity index (χ3n) is 3.46. The van der Waals surface area contributed by atoms with Crippen LogP contribution in [0.15, 0.2) is 18.2 Å².